The maximum atomic E-state index is 11.6. The summed E-state index contributed by atoms with van der Waals surface area (Å²) in [6.07, 6.45) is 0.448. The van der Waals surface area contributed by atoms with Crippen LogP contribution in [0.4, 0.5) is 5.69 Å². The molecule has 5 heteroatoms. The van der Waals surface area contributed by atoms with E-state index in [1.165, 1.54) is 4.88 Å². The van der Waals surface area contributed by atoms with Crippen molar-refractivity contribution in [3.8, 4) is 0 Å². The fourth-order valence-corrected chi connectivity index (χ4v) is 3.14. The SMILES string of the molecule is CN(C)C(=O)Cc1ccc(NCc2sccc2Br)cc1. The van der Waals surface area contributed by atoms with Gasteiger partial charge in [0.2, 0.25) is 5.91 Å². The molecule has 1 N–H and O–H groups in total. The smallest absolute Gasteiger partial charge is 0.226 e. The molecule has 1 amide bonds. The molecule has 0 aliphatic rings. The molecule has 0 bridgehead atoms. The lowest BCUT2D eigenvalue weighted by molar-refractivity contribution is -0.127. The molecule has 0 saturated heterocycles. The van der Waals surface area contributed by atoms with Gasteiger partial charge in [0, 0.05) is 29.1 Å². The van der Waals surface area contributed by atoms with Gasteiger partial charge in [-0.1, -0.05) is 12.1 Å². The van der Waals surface area contributed by atoms with Gasteiger partial charge in [0.15, 0.2) is 0 Å². The Balaban J connectivity index is 1.91. The van der Waals surface area contributed by atoms with Crippen LogP contribution in [0.15, 0.2) is 40.2 Å². The van der Waals surface area contributed by atoms with Gasteiger partial charge in [-0.05, 0) is 45.1 Å². The second-order valence-electron chi connectivity index (χ2n) is 4.71. The fraction of sp³-hybridized carbons (Fsp3) is 0.267. The Bertz CT molecular complexity index is 578. The lowest BCUT2D eigenvalue weighted by Crippen LogP contribution is -2.23. The van der Waals surface area contributed by atoms with Crippen molar-refractivity contribution in [3.63, 3.8) is 0 Å². The number of anilines is 1. The van der Waals surface area contributed by atoms with Gasteiger partial charge < -0.3 is 10.2 Å². The van der Waals surface area contributed by atoms with E-state index < -0.39 is 0 Å². The quantitative estimate of drug-likeness (QED) is 0.888. The number of amides is 1. The summed E-state index contributed by atoms with van der Waals surface area (Å²) >= 11 is 5.24. The molecule has 0 fully saturated rings. The van der Waals surface area contributed by atoms with Crippen molar-refractivity contribution in [2.24, 2.45) is 0 Å². The van der Waals surface area contributed by atoms with Crippen molar-refractivity contribution in [3.05, 3.63) is 50.6 Å². The third-order valence-corrected chi connectivity index (χ3v) is 4.88. The Kier molecular flexibility index (Phi) is 5.20. The van der Waals surface area contributed by atoms with Crippen LogP contribution in [-0.2, 0) is 17.8 Å². The van der Waals surface area contributed by atoms with Crippen LogP contribution in [0.1, 0.15) is 10.4 Å². The molecule has 0 spiro atoms. The molecular weight excluding hydrogens is 336 g/mol. The van der Waals surface area contributed by atoms with E-state index in [0.717, 1.165) is 22.3 Å². The Hall–Kier alpha value is -1.33. The topological polar surface area (TPSA) is 32.3 Å². The Morgan fingerprint density at radius 2 is 1.95 bits per heavy atom. The molecular formula is C15H17BrN2OS. The Morgan fingerprint density at radius 1 is 1.25 bits per heavy atom. The third kappa shape index (κ3) is 4.08. The number of hydrogen-bond donors (Lipinski definition) is 1. The highest BCUT2D eigenvalue weighted by Gasteiger charge is 2.05. The number of thiophene rings is 1. The van der Waals surface area contributed by atoms with E-state index in [0.29, 0.717) is 6.42 Å². The first-order valence-corrected chi connectivity index (χ1v) is 7.98. The van der Waals surface area contributed by atoms with E-state index in [9.17, 15) is 4.79 Å². The molecule has 0 saturated carbocycles. The van der Waals surface area contributed by atoms with Crippen LogP contribution < -0.4 is 5.32 Å². The third-order valence-electron chi connectivity index (χ3n) is 2.95. The number of nitrogens with one attached hydrogen (secondary N) is 1. The van der Waals surface area contributed by atoms with E-state index >= 15 is 0 Å². The highest BCUT2D eigenvalue weighted by Crippen LogP contribution is 2.23. The first-order chi connectivity index (χ1) is 9.56. The monoisotopic (exact) mass is 352 g/mol. The highest BCUT2D eigenvalue weighted by molar-refractivity contribution is 9.10. The molecule has 0 aliphatic heterocycles. The van der Waals surface area contributed by atoms with E-state index in [-0.39, 0.29) is 5.91 Å². The van der Waals surface area contributed by atoms with Crippen LogP contribution >= 0.6 is 27.3 Å². The molecule has 106 valence electrons. The first-order valence-electron chi connectivity index (χ1n) is 6.31. The summed E-state index contributed by atoms with van der Waals surface area (Å²) in [5.74, 6) is 0.119. The maximum Gasteiger partial charge on any atom is 0.226 e. The average molecular weight is 353 g/mol. The normalized spacial score (nSPS) is 10.3. The predicted octanol–water partition coefficient (Wildman–Crippen LogP) is 3.75. The van der Waals surface area contributed by atoms with Crippen LogP contribution in [0.5, 0.6) is 0 Å². The molecule has 0 atom stereocenters. The van der Waals surface area contributed by atoms with Crippen LogP contribution in [0.25, 0.3) is 0 Å². The van der Waals surface area contributed by atoms with Crippen LogP contribution in [0.3, 0.4) is 0 Å². The van der Waals surface area contributed by atoms with Crippen molar-refractivity contribution >= 4 is 38.9 Å². The minimum atomic E-state index is 0.119. The van der Waals surface area contributed by atoms with E-state index in [1.807, 2.05) is 24.3 Å². The predicted molar refractivity (Wildman–Crippen MR) is 88.2 cm³/mol. The number of rotatable bonds is 5. The van der Waals surface area contributed by atoms with Crippen LogP contribution in [0, 0.1) is 0 Å². The number of carbonyl (C=O) groups is 1. The van der Waals surface area contributed by atoms with E-state index in [4.69, 9.17) is 0 Å². The first kappa shape index (κ1) is 15.1. The van der Waals surface area contributed by atoms with Gasteiger partial charge in [0.25, 0.3) is 0 Å². The molecule has 0 radical (unpaired) electrons. The molecule has 1 heterocycles. The number of carbonyl (C=O) groups excluding carboxylic acids is 1. The maximum absolute atomic E-state index is 11.6. The van der Waals surface area contributed by atoms with Gasteiger partial charge in [-0.15, -0.1) is 11.3 Å². The van der Waals surface area contributed by atoms with Gasteiger partial charge in [0.1, 0.15) is 0 Å². The molecule has 3 nitrogen and oxygen atoms in total. The van der Waals surface area contributed by atoms with Crippen LogP contribution in [0.2, 0.25) is 0 Å². The van der Waals surface area contributed by atoms with Crippen LogP contribution in [-0.4, -0.2) is 24.9 Å². The zero-order chi connectivity index (χ0) is 14.5. The van der Waals surface area contributed by atoms with Gasteiger partial charge in [0.05, 0.1) is 13.0 Å². The summed E-state index contributed by atoms with van der Waals surface area (Å²) in [5.41, 5.74) is 2.10. The second kappa shape index (κ2) is 6.90. The summed E-state index contributed by atoms with van der Waals surface area (Å²) in [7, 11) is 3.55. The Morgan fingerprint density at radius 3 is 2.50 bits per heavy atom. The molecule has 2 aromatic rings. The standard InChI is InChI=1S/C15H17BrN2OS/c1-18(2)15(19)9-11-3-5-12(6-4-11)17-10-14-13(16)7-8-20-14/h3-8,17H,9-10H2,1-2H3. The number of nitrogens with zero attached hydrogens (tertiary/aromatic N) is 1. The lowest BCUT2D eigenvalue weighted by Gasteiger charge is -2.11. The molecule has 20 heavy (non-hydrogen) atoms. The van der Waals surface area contributed by atoms with Crippen molar-refractivity contribution in [1.29, 1.82) is 0 Å². The van der Waals surface area contributed by atoms with E-state index in [1.54, 1.807) is 30.3 Å². The summed E-state index contributed by atoms with van der Waals surface area (Å²) in [4.78, 5) is 14.5. The molecule has 2 rings (SSSR count). The molecule has 1 aromatic carbocycles. The molecule has 0 aliphatic carbocycles. The van der Waals surface area contributed by atoms with Crippen molar-refractivity contribution < 1.29 is 4.79 Å². The van der Waals surface area contributed by atoms with Crippen molar-refractivity contribution in [2.45, 2.75) is 13.0 Å². The largest absolute Gasteiger partial charge is 0.380 e. The zero-order valence-corrected chi connectivity index (χ0v) is 13.9. The summed E-state index contributed by atoms with van der Waals surface area (Å²) in [6.45, 7) is 0.800. The van der Waals surface area contributed by atoms with Gasteiger partial charge in [-0.25, -0.2) is 0 Å². The number of benzene rings is 1. The van der Waals surface area contributed by atoms with Crippen molar-refractivity contribution in [2.75, 3.05) is 19.4 Å². The van der Waals surface area contributed by atoms with Gasteiger partial charge in [-0.3, -0.25) is 4.79 Å². The highest BCUT2D eigenvalue weighted by atomic mass is 79.9. The number of halogens is 1. The minimum absolute atomic E-state index is 0.119. The minimum Gasteiger partial charge on any atom is -0.380 e. The summed E-state index contributed by atoms with van der Waals surface area (Å²) in [6, 6.07) is 10.1. The molecule has 0 unspecified atom stereocenters. The lowest BCUT2D eigenvalue weighted by atomic mass is 10.1. The van der Waals surface area contributed by atoms with Gasteiger partial charge >= 0.3 is 0 Å². The Labute approximate surface area is 131 Å². The van der Waals surface area contributed by atoms with Gasteiger partial charge in [-0.2, -0.15) is 0 Å². The molecule has 1 aromatic heterocycles. The number of likely N-dealkylation sites (N-methyl/N-ethyl adjacent to an activating group) is 1. The number of hydrogen-bond acceptors (Lipinski definition) is 3. The summed E-state index contributed by atoms with van der Waals surface area (Å²) in [5, 5.41) is 5.44. The zero-order valence-electron chi connectivity index (χ0n) is 11.5. The summed E-state index contributed by atoms with van der Waals surface area (Å²) < 4.78 is 1.14. The second-order valence-corrected chi connectivity index (χ2v) is 6.56. The van der Waals surface area contributed by atoms with Crippen molar-refractivity contribution in [1.82, 2.24) is 4.90 Å². The van der Waals surface area contributed by atoms with E-state index in [2.05, 4.69) is 32.7 Å². The fourth-order valence-electron chi connectivity index (χ4n) is 1.71. The average Bonchev–Trinajstić information content (AvgIpc) is 2.83.